The Balaban J connectivity index is 1.69. The number of rotatable bonds is 5. The molecular weight excluding hydrogens is 382 g/mol. The summed E-state index contributed by atoms with van der Waals surface area (Å²) in [5, 5.41) is 8.31. The minimum absolute atomic E-state index is 0.246. The number of aromatic amines is 2. The van der Waals surface area contributed by atoms with Crippen LogP contribution in [0.3, 0.4) is 0 Å². The summed E-state index contributed by atoms with van der Waals surface area (Å²) in [5.41, 5.74) is 4.03. The molecule has 3 heterocycles. The number of ether oxygens (including phenoxy) is 1. The zero-order chi connectivity index (χ0) is 21.1. The smallest absolute Gasteiger partial charge is 0.325 e. The van der Waals surface area contributed by atoms with Crippen LogP contribution in [-0.4, -0.2) is 32.3 Å². The third kappa shape index (κ3) is 4.02. The Morgan fingerprint density at radius 2 is 1.80 bits per heavy atom. The lowest BCUT2D eigenvalue weighted by molar-refractivity contribution is 0.414. The summed E-state index contributed by atoms with van der Waals surface area (Å²) in [4.78, 5) is 32.5. The number of H-pyrrole nitrogens is 2. The molecule has 1 aromatic carbocycles. The van der Waals surface area contributed by atoms with Gasteiger partial charge in [-0.05, 0) is 48.4 Å². The number of methoxy groups -OCH3 is 1. The molecule has 4 rings (SSSR count). The fourth-order valence-electron chi connectivity index (χ4n) is 3.17. The molecular formula is C22H19N5O3. The molecule has 0 spiro atoms. The summed E-state index contributed by atoms with van der Waals surface area (Å²) < 4.78 is 5.20. The molecule has 0 unspecified atom stereocenters. The molecule has 30 heavy (non-hydrogen) atoms. The van der Waals surface area contributed by atoms with E-state index in [0.29, 0.717) is 12.1 Å². The van der Waals surface area contributed by atoms with Crippen LogP contribution >= 0.6 is 0 Å². The van der Waals surface area contributed by atoms with Crippen LogP contribution in [0.4, 0.5) is 0 Å². The van der Waals surface area contributed by atoms with Crippen LogP contribution in [0.2, 0.25) is 0 Å². The van der Waals surface area contributed by atoms with Gasteiger partial charge in [0, 0.05) is 30.1 Å². The number of nitrogens with one attached hydrogen (secondary N) is 2. The number of benzene rings is 1. The van der Waals surface area contributed by atoms with Crippen molar-refractivity contribution in [1.29, 1.82) is 0 Å². The minimum atomic E-state index is -0.568. The van der Waals surface area contributed by atoms with E-state index in [4.69, 9.17) is 4.74 Å². The third-order valence-electron chi connectivity index (χ3n) is 4.75. The van der Waals surface area contributed by atoms with Crippen LogP contribution in [0.1, 0.15) is 17.0 Å². The number of nitrogens with zero attached hydrogens (tertiary/aromatic N) is 3. The van der Waals surface area contributed by atoms with Gasteiger partial charge in [0.05, 0.1) is 18.4 Å². The summed E-state index contributed by atoms with van der Waals surface area (Å²) in [5.74, 6) is 0.809. The van der Waals surface area contributed by atoms with Gasteiger partial charge in [0.2, 0.25) is 0 Å². The van der Waals surface area contributed by atoms with Crippen LogP contribution in [0.5, 0.6) is 5.75 Å². The monoisotopic (exact) mass is 401 g/mol. The van der Waals surface area contributed by atoms with E-state index in [2.05, 4.69) is 25.1 Å². The summed E-state index contributed by atoms with van der Waals surface area (Å²) in [6.45, 7) is 1.85. The van der Waals surface area contributed by atoms with Gasteiger partial charge in [-0.3, -0.25) is 14.8 Å². The lowest BCUT2D eigenvalue weighted by Crippen LogP contribution is -2.22. The largest absolute Gasteiger partial charge is 0.497 e. The first-order valence-electron chi connectivity index (χ1n) is 9.28. The second kappa shape index (κ2) is 8.12. The van der Waals surface area contributed by atoms with Gasteiger partial charge in [0.15, 0.2) is 0 Å². The molecule has 0 fully saturated rings. The Hall–Kier alpha value is -4.07. The summed E-state index contributed by atoms with van der Waals surface area (Å²) in [7, 11) is 1.64. The van der Waals surface area contributed by atoms with Crippen LogP contribution in [-0.2, 0) is 6.42 Å². The maximum Gasteiger partial charge on any atom is 0.325 e. The SMILES string of the molecule is COc1ccc(Cc2cc(-c3cc(-c4c[nH]c(=O)[nH]c4=O)nnc3C)ccn2)cc1. The van der Waals surface area contributed by atoms with E-state index in [-0.39, 0.29) is 5.56 Å². The van der Waals surface area contributed by atoms with E-state index in [1.165, 1.54) is 6.20 Å². The predicted octanol–water partition coefficient (Wildman–Crippen LogP) is 2.49. The molecule has 8 nitrogen and oxygen atoms in total. The lowest BCUT2D eigenvalue weighted by Gasteiger charge is -2.09. The molecule has 0 aliphatic heterocycles. The maximum atomic E-state index is 12.1. The third-order valence-corrected chi connectivity index (χ3v) is 4.75. The van der Waals surface area contributed by atoms with Crippen molar-refractivity contribution in [3.8, 4) is 28.1 Å². The van der Waals surface area contributed by atoms with E-state index >= 15 is 0 Å². The van der Waals surface area contributed by atoms with Crippen molar-refractivity contribution in [3.63, 3.8) is 0 Å². The first-order valence-corrected chi connectivity index (χ1v) is 9.28. The van der Waals surface area contributed by atoms with Crippen LogP contribution in [0, 0.1) is 6.92 Å². The van der Waals surface area contributed by atoms with Crippen LogP contribution in [0.15, 0.2) is 64.4 Å². The van der Waals surface area contributed by atoms with Gasteiger partial charge >= 0.3 is 5.69 Å². The Morgan fingerprint density at radius 3 is 2.53 bits per heavy atom. The van der Waals surface area contributed by atoms with Crippen molar-refractivity contribution in [2.24, 2.45) is 0 Å². The Bertz CT molecular complexity index is 1310. The highest BCUT2D eigenvalue weighted by Crippen LogP contribution is 2.26. The summed E-state index contributed by atoms with van der Waals surface area (Å²) in [6.07, 6.45) is 3.76. The van der Waals surface area contributed by atoms with Gasteiger partial charge in [-0.2, -0.15) is 5.10 Å². The normalized spacial score (nSPS) is 10.7. The number of hydrogen-bond donors (Lipinski definition) is 2. The van der Waals surface area contributed by atoms with E-state index in [0.717, 1.165) is 33.8 Å². The van der Waals surface area contributed by atoms with Crippen molar-refractivity contribution in [1.82, 2.24) is 25.1 Å². The standard InChI is InChI=1S/C22H19N5O3/c1-13-18(11-20(27-26-13)19-12-24-22(29)25-21(19)28)15-7-8-23-16(10-15)9-14-3-5-17(30-2)6-4-14/h3-8,10-12H,9H2,1-2H3,(H2,24,25,28,29). The zero-order valence-electron chi connectivity index (χ0n) is 16.5. The second-order valence-electron chi connectivity index (χ2n) is 6.77. The van der Waals surface area contributed by atoms with E-state index in [1.807, 2.05) is 43.3 Å². The van der Waals surface area contributed by atoms with E-state index < -0.39 is 11.2 Å². The molecule has 0 amide bonds. The van der Waals surface area contributed by atoms with E-state index in [9.17, 15) is 9.59 Å². The van der Waals surface area contributed by atoms with Crippen molar-refractivity contribution >= 4 is 0 Å². The fourth-order valence-corrected chi connectivity index (χ4v) is 3.17. The van der Waals surface area contributed by atoms with E-state index in [1.54, 1.807) is 19.4 Å². The van der Waals surface area contributed by atoms with Gasteiger partial charge in [0.25, 0.3) is 5.56 Å². The molecule has 0 saturated carbocycles. The zero-order valence-corrected chi connectivity index (χ0v) is 16.5. The average Bonchev–Trinajstić information content (AvgIpc) is 2.75. The van der Waals surface area contributed by atoms with Gasteiger partial charge in [-0.25, -0.2) is 4.79 Å². The van der Waals surface area contributed by atoms with Crippen molar-refractivity contribution in [3.05, 3.63) is 92.6 Å². The second-order valence-corrected chi connectivity index (χ2v) is 6.77. The lowest BCUT2D eigenvalue weighted by atomic mass is 10.0. The molecule has 0 aliphatic rings. The first-order chi connectivity index (χ1) is 14.5. The van der Waals surface area contributed by atoms with Crippen LogP contribution in [0.25, 0.3) is 22.4 Å². The van der Waals surface area contributed by atoms with Gasteiger partial charge in [0.1, 0.15) is 11.4 Å². The summed E-state index contributed by atoms with van der Waals surface area (Å²) in [6, 6.07) is 13.5. The Morgan fingerprint density at radius 1 is 1.00 bits per heavy atom. The number of hydrogen-bond acceptors (Lipinski definition) is 6. The molecule has 0 atom stereocenters. The topological polar surface area (TPSA) is 114 Å². The Labute approximate surface area is 171 Å². The quantitative estimate of drug-likeness (QED) is 0.531. The maximum absolute atomic E-state index is 12.1. The van der Waals surface area contributed by atoms with Crippen molar-refractivity contribution < 1.29 is 4.74 Å². The summed E-state index contributed by atoms with van der Waals surface area (Å²) >= 11 is 0. The number of aromatic nitrogens is 5. The number of pyridine rings is 1. The molecule has 0 aliphatic carbocycles. The molecule has 150 valence electrons. The fraction of sp³-hybridized carbons (Fsp3) is 0.136. The van der Waals surface area contributed by atoms with Crippen molar-refractivity contribution in [2.45, 2.75) is 13.3 Å². The molecule has 3 aromatic heterocycles. The highest BCUT2D eigenvalue weighted by molar-refractivity contribution is 5.71. The molecule has 0 bridgehead atoms. The minimum Gasteiger partial charge on any atom is -0.497 e. The average molecular weight is 401 g/mol. The van der Waals surface area contributed by atoms with Gasteiger partial charge in [-0.1, -0.05) is 12.1 Å². The highest BCUT2D eigenvalue weighted by Gasteiger charge is 2.12. The molecule has 8 heteroatoms. The highest BCUT2D eigenvalue weighted by atomic mass is 16.5. The molecule has 0 radical (unpaired) electrons. The van der Waals surface area contributed by atoms with Gasteiger partial charge in [-0.15, -0.1) is 5.10 Å². The van der Waals surface area contributed by atoms with Gasteiger partial charge < -0.3 is 9.72 Å². The molecule has 0 saturated heterocycles. The molecule has 2 N–H and O–H groups in total. The Kier molecular flexibility index (Phi) is 5.21. The number of aryl methyl sites for hydroxylation is 1. The van der Waals surface area contributed by atoms with Crippen molar-refractivity contribution in [2.75, 3.05) is 7.11 Å². The molecule has 4 aromatic rings. The van der Waals surface area contributed by atoms with Crippen LogP contribution < -0.4 is 16.0 Å². The predicted molar refractivity (Wildman–Crippen MR) is 112 cm³/mol. The first kappa shape index (κ1) is 19.3.